The van der Waals surface area contributed by atoms with Crippen LogP contribution in [-0.2, 0) is 0 Å². The third kappa shape index (κ3) is 4.68. The van der Waals surface area contributed by atoms with Crippen LogP contribution in [0.3, 0.4) is 0 Å². The minimum absolute atomic E-state index is 0.483. The van der Waals surface area contributed by atoms with E-state index in [0.29, 0.717) is 40.1 Å². The van der Waals surface area contributed by atoms with Gasteiger partial charge in [0.1, 0.15) is 0 Å². The summed E-state index contributed by atoms with van der Waals surface area (Å²) in [6.07, 6.45) is 1.08. The predicted octanol–water partition coefficient (Wildman–Crippen LogP) is 3.66. The standard InChI is InChI=1S/C22H28O7/c1-13(23)16(15-11-19(26-4)22(29-7)20(12-15)27-5)8-14-9-17(24-2)21(28-6)18(10-14)25-3/h8-13,23H,1-7H3/b16-8+. The highest BCUT2D eigenvalue weighted by molar-refractivity contribution is 5.86. The molecule has 1 unspecified atom stereocenters. The number of hydrogen-bond donors (Lipinski definition) is 1. The van der Waals surface area contributed by atoms with Crippen molar-refractivity contribution in [3.05, 3.63) is 35.4 Å². The average Bonchev–Trinajstić information content (AvgIpc) is 2.75. The smallest absolute Gasteiger partial charge is 0.203 e. The summed E-state index contributed by atoms with van der Waals surface area (Å²) < 4.78 is 32.4. The van der Waals surface area contributed by atoms with Gasteiger partial charge in [-0.2, -0.15) is 0 Å². The second kappa shape index (κ2) is 9.93. The van der Waals surface area contributed by atoms with E-state index in [1.54, 1.807) is 61.7 Å². The Labute approximate surface area is 171 Å². The van der Waals surface area contributed by atoms with Gasteiger partial charge in [-0.15, -0.1) is 0 Å². The molecule has 0 aliphatic carbocycles. The van der Waals surface area contributed by atoms with E-state index in [-0.39, 0.29) is 0 Å². The summed E-state index contributed by atoms with van der Waals surface area (Å²) >= 11 is 0. The summed E-state index contributed by atoms with van der Waals surface area (Å²) in [5.74, 6) is 3.02. The van der Waals surface area contributed by atoms with Gasteiger partial charge in [-0.3, -0.25) is 0 Å². The number of benzene rings is 2. The van der Waals surface area contributed by atoms with Crippen LogP contribution in [0.15, 0.2) is 24.3 Å². The normalized spacial score (nSPS) is 12.2. The molecule has 0 saturated carbocycles. The van der Waals surface area contributed by atoms with Crippen molar-refractivity contribution < 1.29 is 33.5 Å². The zero-order chi connectivity index (χ0) is 21.6. The summed E-state index contributed by atoms with van der Waals surface area (Å²) in [5, 5.41) is 10.5. The maximum atomic E-state index is 10.5. The summed E-state index contributed by atoms with van der Waals surface area (Å²) in [6.45, 7) is 1.69. The maximum absolute atomic E-state index is 10.5. The number of methoxy groups -OCH3 is 6. The molecule has 0 radical (unpaired) electrons. The second-order valence-corrected chi connectivity index (χ2v) is 6.15. The van der Waals surface area contributed by atoms with E-state index in [9.17, 15) is 5.11 Å². The van der Waals surface area contributed by atoms with E-state index >= 15 is 0 Å². The lowest BCUT2D eigenvalue weighted by Crippen LogP contribution is -2.05. The molecule has 29 heavy (non-hydrogen) atoms. The van der Waals surface area contributed by atoms with Crippen LogP contribution in [0.4, 0.5) is 0 Å². The molecule has 0 amide bonds. The first-order valence-electron chi connectivity index (χ1n) is 8.94. The fourth-order valence-electron chi connectivity index (χ4n) is 3.06. The molecule has 0 heterocycles. The van der Waals surface area contributed by atoms with Crippen LogP contribution in [0.2, 0.25) is 0 Å². The molecule has 7 heteroatoms. The fraction of sp³-hybridized carbons (Fsp3) is 0.364. The molecule has 0 spiro atoms. The van der Waals surface area contributed by atoms with Crippen LogP contribution in [0.1, 0.15) is 18.1 Å². The Morgan fingerprint density at radius 2 is 1.07 bits per heavy atom. The molecular formula is C22H28O7. The van der Waals surface area contributed by atoms with Crippen molar-refractivity contribution in [3.63, 3.8) is 0 Å². The first-order chi connectivity index (χ1) is 13.9. The molecule has 0 saturated heterocycles. The Morgan fingerprint density at radius 3 is 1.38 bits per heavy atom. The molecule has 0 fully saturated rings. The third-order valence-corrected chi connectivity index (χ3v) is 4.46. The molecule has 7 nitrogen and oxygen atoms in total. The molecule has 1 atom stereocenters. The van der Waals surface area contributed by atoms with E-state index in [1.807, 2.05) is 18.2 Å². The van der Waals surface area contributed by atoms with Crippen LogP contribution in [0.25, 0.3) is 11.6 Å². The van der Waals surface area contributed by atoms with Gasteiger partial charge < -0.3 is 33.5 Å². The molecule has 1 N–H and O–H groups in total. The highest BCUT2D eigenvalue weighted by atomic mass is 16.5. The SMILES string of the molecule is COc1cc(/C=C(/c2cc(OC)c(OC)c(OC)c2)C(C)O)cc(OC)c1OC. The highest BCUT2D eigenvalue weighted by Crippen LogP contribution is 2.42. The van der Waals surface area contributed by atoms with Gasteiger partial charge in [0.05, 0.1) is 48.8 Å². The number of ether oxygens (including phenoxy) is 6. The van der Waals surface area contributed by atoms with Crippen molar-refractivity contribution >= 4 is 11.6 Å². The van der Waals surface area contributed by atoms with Gasteiger partial charge in [0.25, 0.3) is 0 Å². The number of aliphatic hydroxyl groups is 1. The number of hydrogen-bond acceptors (Lipinski definition) is 7. The van der Waals surface area contributed by atoms with Crippen LogP contribution in [0, 0.1) is 0 Å². The quantitative estimate of drug-likeness (QED) is 0.639. The summed E-state index contributed by atoms with van der Waals surface area (Å²) in [4.78, 5) is 0. The first kappa shape index (κ1) is 22.2. The molecule has 0 aromatic heterocycles. The molecule has 2 rings (SSSR count). The largest absolute Gasteiger partial charge is 0.493 e. The Balaban J connectivity index is 2.68. The molecule has 0 bridgehead atoms. The van der Waals surface area contributed by atoms with Gasteiger partial charge in [0.15, 0.2) is 23.0 Å². The molecule has 2 aromatic carbocycles. The van der Waals surface area contributed by atoms with Crippen molar-refractivity contribution in [3.8, 4) is 34.5 Å². The zero-order valence-electron chi connectivity index (χ0n) is 17.9. The van der Waals surface area contributed by atoms with Gasteiger partial charge in [-0.1, -0.05) is 0 Å². The van der Waals surface area contributed by atoms with Crippen LogP contribution in [0.5, 0.6) is 34.5 Å². The van der Waals surface area contributed by atoms with Gasteiger partial charge in [0.2, 0.25) is 11.5 Å². The molecule has 0 aliphatic rings. The van der Waals surface area contributed by atoms with Crippen molar-refractivity contribution in [2.24, 2.45) is 0 Å². The van der Waals surface area contributed by atoms with Crippen LogP contribution in [-0.4, -0.2) is 53.9 Å². The van der Waals surface area contributed by atoms with Gasteiger partial charge in [-0.25, -0.2) is 0 Å². The van der Waals surface area contributed by atoms with Crippen molar-refractivity contribution in [2.75, 3.05) is 42.7 Å². The fourth-order valence-corrected chi connectivity index (χ4v) is 3.06. The summed E-state index contributed by atoms with van der Waals surface area (Å²) in [5.41, 5.74) is 2.14. The molecular weight excluding hydrogens is 376 g/mol. The van der Waals surface area contributed by atoms with Crippen molar-refractivity contribution in [1.29, 1.82) is 0 Å². The first-order valence-corrected chi connectivity index (χ1v) is 8.94. The minimum atomic E-state index is -0.767. The second-order valence-electron chi connectivity index (χ2n) is 6.15. The van der Waals surface area contributed by atoms with E-state index in [4.69, 9.17) is 28.4 Å². The summed E-state index contributed by atoms with van der Waals surface area (Å²) in [7, 11) is 9.30. The van der Waals surface area contributed by atoms with E-state index in [1.165, 1.54) is 0 Å². The lowest BCUT2D eigenvalue weighted by atomic mass is 9.97. The molecule has 2 aromatic rings. The van der Waals surface area contributed by atoms with Crippen molar-refractivity contribution in [2.45, 2.75) is 13.0 Å². The number of rotatable bonds is 9. The number of aliphatic hydroxyl groups excluding tert-OH is 1. The predicted molar refractivity (Wildman–Crippen MR) is 112 cm³/mol. The monoisotopic (exact) mass is 404 g/mol. The van der Waals surface area contributed by atoms with Crippen LogP contribution >= 0.6 is 0 Å². The lowest BCUT2D eigenvalue weighted by molar-refractivity contribution is 0.254. The van der Waals surface area contributed by atoms with Gasteiger partial charge >= 0.3 is 0 Å². The van der Waals surface area contributed by atoms with Gasteiger partial charge in [-0.05, 0) is 54.0 Å². The van der Waals surface area contributed by atoms with Crippen molar-refractivity contribution in [1.82, 2.24) is 0 Å². The van der Waals surface area contributed by atoms with Gasteiger partial charge in [0, 0.05) is 0 Å². The van der Waals surface area contributed by atoms with E-state index < -0.39 is 6.10 Å². The molecule has 0 aliphatic heterocycles. The molecule has 158 valence electrons. The zero-order valence-corrected chi connectivity index (χ0v) is 17.9. The van der Waals surface area contributed by atoms with Crippen LogP contribution < -0.4 is 28.4 Å². The maximum Gasteiger partial charge on any atom is 0.203 e. The Morgan fingerprint density at radius 1 is 0.690 bits per heavy atom. The lowest BCUT2D eigenvalue weighted by Gasteiger charge is -2.18. The Bertz CT molecular complexity index is 821. The average molecular weight is 404 g/mol. The minimum Gasteiger partial charge on any atom is -0.493 e. The Hall–Kier alpha value is -3.06. The third-order valence-electron chi connectivity index (χ3n) is 4.46. The topological polar surface area (TPSA) is 75.6 Å². The highest BCUT2D eigenvalue weighted by Gasteiger charge is 2.19. The van der Waals surface area contributed by atoms with E-state index in [2.05, 4.69) is 0 Å². The Kier molecular flexibility index (Phi) is 7.61. The summed E-state index contributed by atoms with van der Waals surface area (Å²) in [6, 6.07) is 7.19. The van der Waals surface area contributed by atoms with E-state index in [0.717, 1.165) is 11.1 Å².